The van der Waals surface area contributed by atoms with Crippen LogP contribution >= 0.6 is 11.6 Å². The third kappa shape index (κ3) is 2.52. The van der Waals surface area contributed by atoms with E-state index in [0.29, 0.717) is 11.1 Å². The van der Waals surface area contributed by atoms with Gasteiger partial charge in [-0.05, 0) is 23.1 Å². The minimum atomic E-state index is 0.514. The van der Waals surface area contributed by atoms with Gasteiger partial charge in [-0.2, -0.15) is 5.10 Å². The van der Waals surface area contributed by atoms with Gasteiger partial charge in [0.15, 0.2) is 0 Å². The van der Waals surface area contributed by atoms with Crippen molar-refractivity contribution in [2.45, 2.75) is 6.54 Å². The number of ether oxygens (including phenoxy) is 1. The third-order valence-electron chi connectivity index (χ3n) is 3.81. The highest BCUT2D eigenvalue weighted by Gasteiger charge is 2.19. The molecule has 0 spiro atoms. The average molecular weight is 300 g/mol. The van der Waals surface area contributed by atoms with E-state index in [1.54, 1.807) is 6.20 Å². The van der Waals surface area contributed by atoms with E-state index in [0.717, 1.165) is 41.7 Å². The second-order valence-electron chi connectivity index (χ2n) is 5.42. The Balaban J connectivity index is 1.65. The Morgan fingerprint density at radius 2 is 2.05 bits per heavy atom. The number of aromatic nitrogens is 3. The van der Waals surface area contributed by atoms with E-state index < -0.39 is 0 Å². The van der Waals surface area contributed by atoms with Crippen molar-refractivity contribution < 1.29 is 4.74 Å². The van der Waals surface area contributed by atoms with Crippen molar-refractivity contribution in [3.63, 3.8) is 0 Å². The Labute approximate surface area is 127 Å². The van der Waals surface area contributed by atoms with Crippen LogP contribution in [0.4, 0.5) is 0 Å². The van der Waals surface area contributed by atoms with Gasteiger partial charge in [-0.1, -0.05) is 23.7 Å². The number of hydrogen-bond donors (Lipinski definition) is 0. The summed E-state index contributed by atoms with van der Waals surface area (Å²) in [5, 5.41) is 7.12. The van der Waals surface area contributed by atoms with Crippen LogP contribution in [0, 0.1) is 5.92 Å². The monoisotopic (exact) mass is 299 g/mol. The molecule has 1 aromatic carbocycles. The second kappa shape index (κ2) is 5.13. The van der Waals surface area contributed by atoms with Crippen molar-refractivity contribution in [2.75, 3.05) is 13.2 Å². The quantitative estimate of drug-likeness (QED) is 0.696. The Morgan fingerprint density at radius 1 is 1.14 bits per heavy atom. The number of rotatable bonds is 3. The fourth-order valence-corrected chi connectivity index (χ4v) is 2.73. The molecule has 0 saturated carbocycles. The Hall–Kier alpha value is -1.91. The molecule has 5 heteroatoms. The largest absolute Gasteiger partial charge is 0.381 e. The standard InChI is InChI=1S/C16H14ClN3O/c17-16-4-14-3-12(1-2-13(14)5-18-16)15-6-19-20(8-15)7-11-9-21-10-11/h1-6,8,11H,7,9-10H2. The molecule has 0 amide bonds. The summed E-state index contributed by atoms with van der Waals surface area (Å²) in [6.07, 6.45) is 5.78. The van der Waals surface area contributed by atoms with Gasteiger partial charge in [0.2, 0.25) is 0 Å². The summed E-state index contributed by atoms with van der Waals surface area (Å²) in [5.41, 5.74) is 2.26. The van der Waals surface area contributed by atoms with Crippen LogP contribution in [0.25, 0.3) is 21.9 Å². The molecule has 1 saturated heterocycles. The van der Waals surface area contributed by atoms with Crippen molar-refractivity contribution in [1.29, 1.82) is 0 Å². The summed E-state index contributed by atoms with van der Waals surface area (Å²) in [6, 6.07) is 8.16. The smallest absolute Gasteiger partial charge is 0.129 e. The van der Waals surface area contributed by atoms with Gasteiger partial charge in [0, 0.05) is 35.8 Å². The zero-order chi connectivity index (χ0) is 14.2. The van der Waals surface area contributed by atoms with Crippen molar-refractivity contribution in [2.24, 2.45) is 5.92 Å². The van der Waals surface area contributed by atoms with Gasteiger partial charge in [0.1, 0.15) is 5.15 Å². The predicted molar refractivity (Wildman–Crippen MR) is 82.3 cm³/mol. The first-order chi connectivity index (χ1) is 10.3. The first-order valence-corrected chi connectivity index (χ1v) is 7.31. The number of fused-ring (bicyclic) bond motifs is 1. The molecule has 1 aliphatic rings. The minimum absolute atomic E-state index is 0.514. The molecule has 0 N–H and O–H groups in total. The summed E-state index contributed by atoms with van der Waals surface area (Å²) in [5.74, 6) is 0.597. The third-order valence-corrected chi connectivity index (χ3v) is 4.01. The van der Waals surface area contributed by atoms with Crippen LogP contribution in [0.5, 0.6) is 0 Å². The van der Waals surface area contributed by atoms with Crippen molar-refractivity contribution in [1.82, 2.24) is 14.8 Å². The van der Waals surface area contributed by atoms with Crippen LogP contribution in [-0.2, 0) is 11.3 Å². The first kappa shape index (κ1) is 12.8. The normalized spacial score (nSPS) is 15.3. The van der Waals surface area contributed by atoms with Crippen LogP contribution in [-0.4, -0.2) is 28.0 Å². The lowest BCUT2D eigenvalue weighted by molar-refractivity contribution is -0.0408. The molecule has 1 fully saturated rings. The Kier molecular flexibility index (Phi) is 3.13. The van der Waals surface area contributed by atoms with E-state index in [1.807, 2.05) is 16.9 Å². The van der Waals surface area contributed by atoms with E-state index in [2.05, 4.69) is 34.5 Å². The highest BCUT2D eigenvalue weighted by molar-refractivity contribution is 6.30. The van der Waals surface area contributed by atoms with Gasteiger partial charge in [-0.25, -0.2) is 4.98 Å². The molecule has 3 aromatic rings. The maximum atomic E-state index is 5.96. The number of hydrogen-bond acceptors (Lipinski definition) is 3. The van der Waals surface area contributed by atoms with Crippen LogP contribution in [0.15, 0.2) is 42.9 Å². The lowest BCUT2D eigenvalue weighted by atomic mass is 10.1. The molecule has 2 aromatic heterocycles. The van der Waals surface area contributed by atoms with Gasteiger partial charge < -0.3 is 4.74 Å². The van der Waals surface area contributed by atoms with Gasteiger partial charge in [0.05, 0.1) is 19.4 Å². The molecule has 1 aliphatic heterocycles. The van der Waals surface area contributed by atoms with Crippen LogP contribution in [0.1, 0.15) is 0 Å². The van der Waals surface area contributed by atoms with Crippen LogP contribution in [0.3, 0.4) is 0 Å². The van der Waals surface area contributed by atoms with E-state index >= 15 is 0 Å². The number of benzene rings is 1. The van der Waals surface area contributed by atoms with Crippen molar-refractivity contribution in [3.8, 4) is 11.1 Å². The zero-order valence-electron chi connectivity index (χ0n) is 11.4. The highest BCUT2D eigenvalue weighted by atomic mass is 35.5. The summed E-state index contributed by atoms with van der Waals surface area (Å²) in [6.45, 7) is 2.61. The average Bonchev–Trinajstić information content (AvgIpc) is 2.91. The highest BCUT2D eigenvalue weighted by Crippen LogP contribution is 2.25. The summed E-state index contributed by atoms with van der Waals surface area (Å²) >= 11 is 5.96. The fraction of sp³-hybridized carbons (Fsp3) is 0.250. The second-order valence-corrected chi connectivity index (χ2v) is 5.81. The predicted octanol–water partition coefficient (Wildman–Crippen LogP) is 3.40. The summed E-state index contributed by atoms with van der Waals surface area (Å²) < 4.78 is 7.19. The number of pyridine rings is 1. The number of halogens is 1. The Morgan fingerprint density at radius 3 is 2.86 bits per heavy atom. The molecule has 0 radical (unpaired) electrons. The molecule has 4 nitrogen and oxygen atoms in total. The van der Waals surface area contributed by atoms with Crippen molar-refractivity contribution >= 4 is 22.4 Å². The van der Waals surface area contributed by atoms with E-state index in [1.165, 1.54) is 0 Å². The molecular formula is C16H14ClN3O. The van der Waals surface area contributed by atoms with E-state index in [4.69, 9.17) is 16.3 Å². The topological polar surface area (TPSA) is 39.9 Å². The van der Waals surface area contributed by atoms with Crippen LogP contribution in [0.2, 0.25) is 5.15 Å². The molecular weight excluding hydrogens is 286 g/mol. The maximum Gasteiger partial charge on any atom is 0.129 e. The summed E-state index contributed by atoms with van der Waals surface area (Å²) in [4.78, 5) is 4.10. The molecule has 106 valence electrons. The van der Waals surface area contributed by atoms with Gasteiger partial charge in [0.25, 0.3) is 0 Å². The van der Waals surface area contributed by atoms with Gasteiger partial charge in [-0.15, -0.1) is 0 Å². The van der Waals surface area contributed by atoms with Gasteiger partial charge in [-0.3, -0.25) is 4.68 Å². The van der Waals surface area contributed by atoms with Crippen molar-refractivity contribution in [3.05, 3.63) is 48.0 Å². The minimum Gasteiger partial charge on any atom is -0.381 e. The molecule has 3 heterocycles. The van der Waals surface area contributed by atoms with E-state index in [9.17, 15) is 0 Å². The molecule has 0 aliphatic carbocycles. The molecule has 21 heavy (non-hydrogen) atoms. The molecule has 0 atom stereocenters. The maximum absolute atomic E-state index is 5.96. The molecule has 4 rings (SSSR count). The Bertz CT molecular complexity index is 795. The fourth-order valence-electron chi connectivity index (χ4n) is 2.56. The summed E-state index contributed by atoms with van der Waals surface area (Å²) in [7, 11) is 0. The first-order valence-electron chi connectivity index (χ1n) is 6.94. The number of nitrogens with zero attached hydrogens (tertiary/aromatic N) is 3. The molecule has 0 unspecified atom stereocenters. The van der Waals surface area contributed by atoms with E-state index in [-0.39, 0.29) is 0 Å². The molecule has 0 bridgehead atoms. The lowest BCUT2D eigenvalue weighted by Gasteiger charge is -2.25. The lowest BCUT2D eigenvalue weighted by Crippen LogP contribution is -2.31. The van der Waals surface area contributed by atoms with Crippen LogP contribution < -0.4 is 0 Å². The SMILES string of the molecule is Clc1cc2cc(-c3cnn(CC4COC4)c3)ccc2cn1. The van der Waals surface area contributed by atoms with Gasteiger partial charge >= 0.3 is 0 Å². The zero-order valence-corrected chi connectivity index (χ0v) is 12.1.